The van der Waals surface area contributed by atoms with Crippen LogP contribution in [0.3, 0.4) is 0 Å². The SMILES string of the molecule is Cc1ccc(OCC(O)C[NH+](C)C2CCCCC2)cc1C. The Kier molecular flexibility index (Phi) is 6.07. The van der Waals surface area contributed by atoms with E-state index >= 15 is 0 Å². The van der Waals surface area contributed by atoms with Crippen molar-refractivity contribution in [1.82, 2.24) is 0 Å². The Labute approximate surface area is 128 Å². The molecule has 3 nitrogen and oxygen atoms in total. The number of likely N-dealkylation sites (N-methyl/N-ethyl adjacent to an activating group) is 1. The van der Waals surface area contributed by atoms with E-state index in [-0.39, 0.29) is 0 Å². The molecule has 1 saturated carbocycles. The largest absolute Gasteiger partial charge is 0.491 e. The first-order valence-corrected chi connectivity index (χ1v) is 8.26. The molecule has 0 radical (unpaired) electrons. The maximum atomic E-state index is 10.2. The summed E-state index contributed by atoms with van der Waals surface area (Å²) in [6, 6.07) is 6.80. The predicted molar refractivity (Wildman–Crippen MR) is 86.0 cm³/mol. The summed E-state index contributed by atoms with van der Waals surface area (Å²) in [5, 5.41) is 10.2. The van der Waals surface area contributed by atoms with Gasteiger partial charge in [0.2, 0.25) is 0 Å². The standard InChI is InChI=1S/C18H29NO2/c1-14-9-10-18(11-15(14)2)21-13-17(20)12-19(3)16-7-5-4-6-8-16/h9-11,16-17,20H,4-8,12-13H2,1-3H3/p+1. The van der Waals surface area contributed by atoms with Crippen molar-refractivity contribution >= 4 is 0 Å². The lowest BCUT2D eigenvalue weighted by molar-refractivity contribution is -0.910. The van der Waals surface area contributed by atoms with Crippen molar-refractivity contribution in [2.45, 2.75) is 58.1 Å². The lowest BCUT2D eigenvalue weighted by Crippen LogP contribution is -3.14. The van der Waals surface area contributed by atoms with Crippen LogP contribution in [0.4, 0.5) is 0 Å². The molecule has 0 heterocycles. The Morgan fingerprint density at radius 1 is 1.19 bits per heavy atom. The van der Waals surface area contributed by atoms with Crippen LogP contribution in [0.15, 0.2) is 18.2 Å². The average Bonchev–Trinajstić information content (AvgIpc) is 2.49. The minimum atomic E-state index is -0.395. The zero-order valence-electron chi connectivity index (χ0n) is 13.7. The number of aryl methyl sites for hydroxylation is 2. The Bertz CT molecular complexity index is 441. The Hall–Kier alpha value is -1.06. The molecule has 2 rings (SSSR count). The number of hydrogen-bond acceptors (Lipinski definition) is 2. The fraction of sp³-hybridized carbons (Fsp3) is 0.667. The summed E-state index contributed by atoms with van der Waals surface area (Å²) in [7, 11) is 2.20. The van der Waals surface area contributed by atoms with Crippen molar-refractivity contribution in [3.63, 3.8) is 0 Å². The van der Waals surface area contributed by atoms with E-state index in [2.05, 4.69) is 27.0 Å². The Balaban J connectivity index is 1.75. The summed E-state index contributed by atoms with van der Waals surface area (Å²) in [5.74, 6) is 0.854. The van der Waals surface area contributed by atoms with Crippen LogP contribution in [0, 0.1) is 13.8 Å². The molecule has 118 valence electrons. The van der Waals surface area contributed by atoms with Crippen molar-refractivity contribution < 1.29 is 14.7 Å². The van der Waals surface area contributed by atoms with Crippen molar-refractivity contribution in [2.24, 2.45) is 0 Å². The second kappa shape index (κ2) is 7.81. The van der Waals surface area contributed by atoms with Gasteiger partial charge in [0.1, 0.15) is 25.0 Å². The van der Waals surface area contributed by atoms with Gasteiger partial charge in [0.25, 0.3) is 0 Å². The van der Waals surface area contributed by atoms with Gasteiger partial charge in [-0.2, -0.15) is 0 Å². The minimum absolute atomic E-state index is 0.382. The van der Waals surface area contributed by atoms with Gasteiger partial charge >= 0.3 is 0 Å². The van der Waals surface area contributed by atoms with Gasteiger partial charge in [-0.1, -0.05) is 12.5 Å². The molecule has 0 spiro atoms. The molecule has 1 fully saturated rings. The molecule has 1 aromatic carbocycles. The maximum absolute atomic E-state index is 10.2. The van der Waals surface area contributed by atoms with Crippen LogP contribution in [0.1, 0.15) is 43.2 Å². The second-order valence-electron chi connectivity index (χ2n) is 6.60. The van der Waals surface area contributed by atoms with E-state index in [9.17, 15) is 5.11 Å². The van der Waals surface area contributed by atoms with E-state index in [0.717, 1.165) is 18.3 Å². The third kappa shape index (κ3) is 5.01. The van der Waals surface area contributed by atoms with Crippen LogP contribution in [-0.4, -0.2) is 37.5 Å². The monoisotopic (exact) mass is 292 g/mol. The highest BCUT2D eigenvalue weighted by molar-refractivity contribution is 5.33. The highest BCUT2D eigenvalue weighted by Gasteiger charge is 2.23. The summed E-state index contributed by atoms with van der Waals surface area (Å²) < 4.78 is 5.73. The molecule has 2 unspecified atom stereocenters. The lowest BCUT2D eigenvalue weighted by Gasteiger charge is -2.29. The van der Waals surface area contributed by atoms with Gasteiger partial charge in [0.05, 0.1) is 13.1 Å². The number of hydrogen-bond donors (Lipinski definition) is 2. The topological polar surface area (TPSA) is 33.9 Å². The van der Waals surface area contributed by atoms with Gasteiger partial charge in [-0.3, -0.25) is 0 Å². The first-order valence-electron chi connectivity index (χ1n) is 8.26. The third-order valence-corrected chi connectivity index (χ3v) is 4.78. The molecule has 21 heavy (non-hydrogen) atoms. The average molecular weight is 292 g/mol. The molecule has 0 saturated heterocycles. The first-order chi connectivity index (χ1) is 10.1. The van der Waals surface area contributed by atoms with Crippen molar-refractivity contribution in [3.8, 4) is 5.75 Å². The van der Waals surface area contributed by atoms with Crippen molar-refractivity contribution in [3.05, 3.63) is 29.3 Å². The molecule has 0 amide bonds. The summed E-state index contributed by atoms with van der Waals surface area (Å²) in [6.07, 6.45) is 6.28. The molecule has 3 heteroatoms. The molecule has 0 bridgehead atoms. The fourth-order valence-corrected chi connectivity index (χ4v) is 3.19. The zero-order valence-corrected chi connectivity index (χ0v) is 13.7. The maximum Gasteiger partial charge on any atom is 0.137 e. The number of ether oxygens (including phenoxy) is 1. The van der Waals surface area contributed by atoms with Crippen LogP contribution in [-0.2, 0) is 0 Å². The van der Waals surface area contributed by atoms with E-state index in [0.29, 0.717) is 6.61 Å². The molecule has 0 aliphatic heterocycles. The Morgan fingerprint density at radius 2 is 1.90 bits per heavy atom. The van der Waals surface area contributed by atoms with Crippen LogP contribution < -0.4 is 9.64 Å². The quantitative estimate of drug-likeness (QED) is 0.839. The number of nitrogens with one attached hydrogen (secondary N) is 1. The van der Waals surface area contributed by atoms with Gasteiger partial charge in [0, 0.05) is 0 Å². The summed E-state index contributed by atoms with van der Waals surface area (Å²) in [5.41, 5.74) is 2.50. The van der Waals surface area contributed by atoms with E-state index in [1.165, 1.54) is 48.1 Å². The van der Waals surface area contributed by atoms with E-state index in [4.69, 9.17) is 4.74 Å². The molecule has 2 N–H and O–H groups in total. The van der Waals surface area contributed by atoms with Gasteiger partial charge < -0.3 is 14.7 Å². The molecular formula is C18H30NO2+. The lowest BCUT2D eigenvalue weighted by atomic mass is 9.94. The highest BCUT2D eigenvalue weighted by atomic mass is 16.5. The summed E-state index contributed by atoms with van der Waals surface area (Å²) in [6.45, 7) is 5.33. The summed E-state index contributed by atoms with van der Waals surface area (Å²) in [4.78, 5) is 1.45. The van der Waals surface area contributed by atoms with E-state index in [1.54, 1.807) is 0 Å². The molecular weight excluding hydrogens is 262 g/mol. The summed E-state index contributed by atoms with van der Waals surface area (Å²) >= 11 is 0. The normalized spacial score (nSPS) is 19.2. The smallest absolute Gasteiger partial charge is 0.137 e. The van der Waals surface area contributed by atoms with Gasteiger partial charge in [0.15, 0.2) is 0 Å². The zero-order chi connectivity index (χ0) is 15.2. The Morgan fingerprint density at radius 3 is 2.57 bits per heavy atom. The molecule has 1 aliphatic carbocycles. The molecule has 1 aliphatic rings. The first kappa shape index (κ1) is 16.3. The third-order valence-electron chi connectivity index (χ3n) is 4.78. The minimum Gasteiger partial charge on any atom is -0.491 e. The predicted octanol–water partition coefficient (Wildman–Crippen LogP) is 1.89. The van der Waals surface area contributed by atoms with Crippen molar-refractivity contribution in [1.29, 1.82) is 0 Å². The van der Waals surface area contributed by atoms with Crippen LogP contribution in [0.2, 0.25) is 0 Å². The highest BCUT2D eigenvalue weighted by Crippen LogP contribution is 2.17. The number of quaternary nitrogens is 1. The molecule has 1 aromatic rings. The second-order valence-corrected chi connectivity index (χ2v) is 6.60. The van der Waals surface area contributed by atoms with Crippen LogP contribution >= 0.6 is 0 Å². The number of aliphatic hydroxyl groups is 1. The van der Waals surface area contributed by atoms with Gasteiger partial charge in [-0.05, 0) is 62.8 Å². The van der Waals surface area contributed by atoms with E-state index < -0.39 is 6.10 Å². The van der Waals surface area contributed by atoms with Crippen LogP contribution in [0.25, 0.3) is 0 Å². The fourth-order valence-electron chi connectivity index (χ4n) is 3.19. The van der Waals surface area contributed by atoms with Crippen molar-refractivity contribution in [2.75, 3.05) is 20.2 Å². The number of rotatable bonds is 6. The molecule has 0 aromatic heterocycles. The van der Waals surface area contributed by atoms with Gasteiger partial charge in [-0.25, -0.2) is 0 Å². The van der Waals surface area contributed by atoms with E-state index in [1.807, 2.05) is 12.1 Å². The number of benzene rings is 1. The number of aliphatic hydroxyl groups excluding tert-OH is 1. The van der Waals surface area contributed by atoms with Gasteiger partial charge in [-0.15, -0.1) is 0 Å². The molecule has 2 atom stereocenters. The van der Waals surface area contributed by atoms with Crippen LogP contribution in [0.5, 0.6) is 5.75 Å².